The van der Waals surface area contributed by atoms with Gasteiger partial charge in [0.15, 0.2) is 6.10 Å². The number of fused-ring (bicyclic) bond motifs is 1. The maximum absolute atomic E-state index is 12.6. The number of ether oxygens (including phenoxy) is 1. The van der Waals surface area contributed by atoms with Gasteiger partial charge in [-0.05, 0) is 22.8 Å². The lowest BCUT2D eigenvalue weighted by Crippen LogP contribution is -2.39. The van der Waals surface area contributed by atoms with Crippen molar-refractivity contribution in [3.05, 3.63) is 102 Å². The first kappa shape index (κ1) is 16.4. The fourth-order valence-electron chi connectivity index (χ4n) is 3.44. The molecule has 3 aromatic rings. The molecule has 3 aromatic carbocycles. The predicted octanol–water partition coefficient (Wildman–Crippen LogP) is 3.94. The molecule has 0 spiro atoms. The molecule has 0 fully saturated rings. The molecule has 1 aliphatic heterocycles. The Bertz CT molecular complexity index is 812. The van der Waals surface area contributed by atoms with E-state index < -0.39 is 6.10 Å². The van der Waals surface area contributed by atoms with Gasteiger partial charge in [-0.25, -0.2) is 0 Å². The molecule has 4 rings (SSSR count). The maximum Gasteiger partial charge on any atom is 0.261 e. The van der Waals surface area contributed by atoms with Crippen molar-refractivity contribution in [3.8, 4) is 5.75 Å². The van der Waals surface area contributed by atoms with Gasteiger partial charge in [-0.15, -0.1) is 0 Å². The highest BCUT2D eigenvalue weighted by Gasteiger charge is 2.29. The highest BCUT2D eigenvalue weighted by molar-refractivity contribution is 5.82. The van der Waals surface area contributed by atoms with Crippen LogP contribution >= 0.6 is 0 Å². The van der Waals surface area contributed by atoms with Crippen molar-refractivity contribution in [2.45, 2.75) is 18.4 Å². The first-order chi connectivity index (χ1) is 12.8. The third-order valence-corrected chi connectivity index (χ3v) is 4.82. The molecule has 1 atom stereocenters. The summed E-state index contributed by atoms with van der Waals surface area (Å²) in [6, 6.07) is 28.4. The summed E-state index contributed by atoms with van der Waals surface area (Å²) in [4.78, 5) is 12.6. The maximum atomic E-state index is 12.6. The highest BCUT2D eigenvalue weighted by atomic mass is 16.5. The number of hydrogen-bond donors (Lipinski definition) is 1. The van der Waals surface area contributed by atoms with E-state index in [-0.39, 0.29) is 11.8 Å². The van der Waals surface area contributed by atoms with Crippen molar-refractivity contribution in [1.82, 2.24) is 5.32 Å². The third kappa shape index (κ3) is 3.47. The van der Waals surface area contributed by atoms with E-state index in [1.165, 1.54) is 11.1 Å². The molecular formula is C23H21NO2. The van der Waals surface area contributed by atoms with E-state index in [9.17, 15) is 4.79 Å². The molecule has 1 unspecified atom stereocenters. The minimum Gasteiger partial charge on any atom is -0.480 e. The van der Waals surface area contributed by atoms with Crippen LogP contribution in [0.3, 0.4) is 0 Å². The predicted molar refractivity (Wildman–Crippen MR) is 102 cm³/mol. The van der Waals surface area contributed by atoms with Gasteiger partial charge in [-0.2, -0.15) is 0 Å². The van der Waals surface area contributed by atoms with Crippen LogP contribution < -0.4 is 10.1 Å². The number of hydrogen-bond acceptors (Lipinski definition) is 2. The molecule has 0 aromatic heterocycles. The topological polar surface area (TPSA) is 38.3 Å². The van der Waals surface area contributed by atoms with E-state index in [2.05, 4.69) is 29.6 Å². The minimum atomic E-state index is -0.445. The summed E-state index contributed by atoms with van der Waals surface area (Å²) in [6.07, 6.45) is 0.184. The van der Waals surface area contributed by atoms with Crippen molar-refractivity contribution < 1.29 is 9.53 Å². The van der Waals surface area contributed by atoms with E-state index in [0.29, 0.717) is 13.0 Å². The smallest absolute Gasteiger partial charge is 0.261 e. The molecule has 1 heterocycles. The SMILES string of the molecule is O=C(NCC(c1ccccc1)c1ccccc1)C1Cc2ccccc2O1. The summed E-state index contributed by atoms with van der Waals surface area (Å²) in [5, 5.41) is 3.09. The van der Waals surface area contributed by atoms with Crippen molar-refractivity contribution in [1.29, 1.82) is 0 Å². The summed E-state index contributed by atoms with van der Waals surface area (Å²) in [7, 11) is 0. The lowest BCUT2D eigenvalue weighted by atomic mass is 9.91. The van der Waals surface area contributed by atoms with Gasteiger partial charge >= 0.3 is 0 Å². The van der Waals surface area contributed by atoms with Crippen LogP contribution in [0.15, 0.2) is 84.9 Å². The summed E-state index contributed by atoms with van der Waals surface area (Å²) in [5.41, 5.74) is 3.47. The molecule has 1 N–H and O–H groups in total. The van der Waals surface area contributed by atoms with Crippen molar-refractivity contribution >= 4 is 5.91 Å². The van der Waals surface area contributed by atoms with Gasteiger partial charge in [0.05, 0.1) is 0 Å². The summed E-state index contributed by atoms with van der Waals surface area (Å²) < 4.78 is 5.80. The van der Waals surface area contributed by atoms with Crippen LogP contribution in [0.4, 0.5) is 0 Å². The molecular weight excluding hydrogens is 322 g/mol. The highest BCUT2D eigenvalue weighted by Crippen LogP contribution is 2.28. The van der Waals surface area contributed by atoms with Gasteiger partial charge in [0.2, 0.25) is 0 Å². The summed E-state index contributed by atoms with van der Waals surface area (Å²) >= 11 is 0. The number of carbonyl (C=O) groups excluding carboxylic acids is 1. The Hall–Kier alpha value is -3.07. The lowest BCUT2D eigenvalue weighted by Gasteiger charge is -2.20. The number of nitrogens with one attached hydrogen (secondary N) is 1. The number of amides is 1. The number of carbonyl (C=O) groups is 1. The Morgan fingerprint density at radius 1 is 0.885 bits per heavy atom. The van der Waals surface area contributed by atoms with Crippen molar-refractivity contribution in [3.63, 3.8) is 0 Å². The lowest BCUT2D eigenvalue weighted by molar-refractivity contribution is -0.127. The fraction of sp³-hybridized carbons (Fsp3) is 0.174. The molecule has 26 heavy (non-hydrogen) atoms. The minimum absolute atomic E-state index is 0.0573. The Balaban J connectivity index is 1.46. The van der Waals surface area contributed by atoms with Crippen LogP contribution in [0.1, 0.15) is 22.6 Å². The second kappa shape index (κ2) is 7.44. The van der Waals surface area contributed by atoms with Crippen LogP contribution in [0.5, 0.6) is 5.75 Å². The molecule has 3 heteroatoms. The van der Waals surface area contributed by atoms with Crippen molar-refractivity contribution in [2.75, 3.05) is 6.54 Å². The zero-order valence-corrected chi connectivity index (χ0v) is 14.5. The van der Waals surface area contributed by atoms with Gasteiger partial charge in [-0.1, -0.05) is 78.9 Å². The standard InChI is InChI=1S/C23H21NO2/c25-23(22-15-19-13-7-8-14-21(19)26-22)24-16-20(17-9-3-1-4-10-17)18-11-5-2-6-12-18/h1-14,20,22H,15-16H2,(H,24,25). The van der Waals surface area contributed by atoms with E-state index in [4.69, 9.17) is 4.74 Å². The first-order valence-corrected chi connectivity index (χ1v) is 8.93. The normalized spacial score (nSPS) is 15.3. The average molecular weight is 343 g/mol. The molecule has 0 saturated carbocycles. The van der Waals surface area contributed by atoms with Crippen LogP contribution in [-0.2, 0) is 11.2 Å². The van der Waals surface area contributed by atoms with Gasteiger partial charge in [0, 0.05) is 18.9 Å². The molecule has 0 radical (unpaired) electrons. The van der Waals surface area contributed by atoms with E-state index in [0.717, 1.165) is 11.3 Å². The molecule has 0 saturated heterocycles. The van der Waals surface area contributed by atoms with Crippen molar-refractivity contribution in [2.24, 2.45) is 0 Å². The monoisotopic (exact) mass is 343 g/mol. The van der Waals surface area contributed by atoms with E-state index in [1.54, 1.807) is 0 Å². The Labute approximate surface area is 153 Å². The molecule has 1 amide bonds. The Kier molecular flexibility index (Phi) is 4.69. The zero-order valence-electron chi connectivity index (χ0n) is 14.5. The van der Waals surface area contributed by atoms with Crippen LogP contribution in [0.2, 0.25) is 0 Å². The second-order valence-corrected chi connectivity index (χ2v) is 6.54. The Morgan fingerprint density at radius 2 is 1.46 bits per heavy atom. The van der Waals surface area contributed by atoms with E-state index in [1.807, 2.05) is 60.7 Å². The largest absolute Gasteiger partial charge is 0.480 e. The number of benzene rings is 3. The molecule has 1 aliphatic rings. The van der Waals surface area contributed by atoms with Crippen LogP contribution in [-0.4, -0.2) is 18.6 Å². The van der Waals surface area contributed by atoms with Gasteiger partial charge < -0.3 is 10.1 Å². The van der Waals surface area contributed by atoms with Crippen LogP contribution in [0.25, 0.3) is 0 Å². The fourth-order valence-corrected chi connectivity index (χ4v) is 3.44. The quantitative estimate of drug-likeness (QED) is 0.762. The van der Waals surface area contributed by atoms with Gasteiger partial charge in [-0.3, -0.25) is 4.79 Å². The summed E-state index contributed by atoms with van der Waals surface area (Å²) in [6.45, 7) is 0.545. The second-order valence-electron chi connectivity index (χ2n) is 6.54. The molecule has 0 aliphatic carbocycles. The van der Waals surface area contributed by atoms with Gasteiger partial charge in [0.25, 0.3) is 5.91 Å². The van der Waals surface area contributed by atoms with E-state index >= 15 is 0 Å². The molecule has 130 valence electrons. The summed E-state index contributed by atoms with van der Waals surface area (Å²) in [5.74, 6) is 0.874. The zero-order chi connectivity index (χ0) is 17.8. The third-order valence-electron chi connectivity index (χ3n) is 4.82. The first-order valence-electron chi connectivity index (χ1n) is 8.93. The molecule has 3 nitrogen and oxygen atoms in total. The molecule has 0 bridgehead atoms. The average Bonchev–Trinajstić information content (AvgIpc) is 3.14. The number of para-hydroxylation sites is 1. The Morgan fingerprint density at radius 3 is 2.08 bits per heavy atom. The van der Waals surface area contributed by atoms with Crippen LogP contribution in [0, 0.1) is 0 Å². The number of rotatable bonds is 5. The van der Waals surface area contributed by atoms with Gasteiger partial charge in [0.1, 0.15) is 5.75 Å².